The Labute approximate surface area is 82.9 Å². The number of aromatic hydroxyl groups is 1. The minimum atomic E-state index is 0.0738. The number of carbonyl (C=O) groups excluding carboxylic acids is 1. The second kappa shape index (κ2) is 3.29. The fourth-order valence-electron chi connectivity index (χ4n) is 1.83. The number of carbonyl (C=O) groups is 1. The van der Waals surface area contributed by atoms with E-state index in [1.807, 2.05) is 19.1 Å². The summed E-state index contributed by atoms with van der Waals surface area (Å²) in [7, 11) is 0. The summed E-state index contributed by atoms with van der Waals surface area (Å²) in [6, 6.07) is 3.48. The van der Waals surface area contributed by atoms with Gasteiger partial charge in [-0.15, -0.1) is 0 Å². The first-order valence-electron chi connectivity index (χ1n) is 4.69. The van der Waals surface area contributed by atoms with Crippen molar-refractivity contribution in [3.8, 4) is 5.75 Å². The molecule has 0 saturated carbocycles. The number of aldehydes is 1. The molecule has 0 radical (unpaired) electrons. The molecule has 0 amide bonds. The van der Waals surface area contributed by atoms with E-state index >= 15 is 0 Å². The summed E-state index contributed by atoms with van der Waals surface area (Å²) in [5.41, 5.74) is 3.71. The Morgan fingerprint density at radius 2 is 2.14 bits per heavy atom. The number of hydrogen-bond acceptors (Lipinski definition) is 2. The number of rotatable bonds is 1. The van der Waals surface area contributed by atoms with Crippen molar-refractivity contribution in [2.24, 2.45) is 0 Å². The van der Waals surface area contributed by atoms with Crippen molar-refractivity contribution in [2.75, 3.05) is 0 Å². The first kappa shape index (κ1) is 9.00. The fraction of sp³-hybridized carbons (Fsp3) is 0.250. The summed E-state index contributed by atoms with van der Waals surface area (Å²) in [6.07, 6.45) is 4.71. The molecule has 1 aliphatic carbocycles. The summed E-state index contributed by atoms with van der Waals surface area (Å²) in [4.78, 5) is 10.8. The molecule has 0 heterocycles. The Morgan fingerprint density at radius 1 is 1.36 bits per heavy atom. The second-order valence-electron chi connectivity index (χ2n) is 3.68. The predicted octanol–water partition coefficient (Wildman–Crippen LogP) is 2.55. The molecule has 0 spiro atoms. The third kappa shape index (κ3) is 1.33. The van der Waals surface area contributed by atoms with Gasteiger partial charge < -0.3 is 5.11 Å². The van der Waals surface area contributed by atoms with Crippen LogP contribution in [0.4, 0.5) is 0 Å². The molecule has 0 aromatic heterocycles. The molecule has 2 nitrogen and oxygen atoms in total. The first-order valence-corrected chi connectivity index (χ1v) is 4.69. The van der Waals surface area contributed by atoms with Gasteiger partial charge in [-0.25, -0.2) is 0 Å². The number of benzene rings is 1. The molecule has 0 unspecified atom stereocenters. The van der Waals surface area contributed by atoms with Crippen molar-refractivity contribution in [3.63, 3.8) is 0 Å². The molecule has 0 bridgehead atoms. The van der Waals surface area contributed by atoms with Gasteiger partial charge in [0.05, 0.1) is 5.56 Å². The van der Waals surface area contributed by atoms with Gasteiger partial charge in [0, 0.05) is 0 Å². The average molecular weight is 188 g/mol. The maximum Gasteiger partial charge on any atom is 0.154 e. The molecule has 1 aliphatic rings. The van der Waals surface area contributed by atoms with E-state index in [9.17, 15) is 9.90 Å². The summed E-state index contributed by atoms with van der Waals surface area (Å²) in [5.74, 6) is 0.0738. The van der Waals surface area contributed by atoms with Gasteiger partial charge in [0.25, 0.3) is 0 Å². The molecule has 2 rings (SSSR count). The van der Waals surface area contributed by atoms with Crippen molar-refractivity contribution in [2.45, 2.75) is 19.8 Å². The Kier molecular flexibility index (Phi) is 2.12. The van der Waals surface area contributed by atoms with Crippen molar-refractivity contribution < 1.29 is 9.90 Å². The zero-order valence-corrected chi connectivity index (χ0v) is 8.08. The molecule has 2 heteroatoms. The smallest absolute Gasteiger partial charge is 0.154 e. The SMILES string of the molecule is CC1=Cc2c(ccc(O)c2C=O)CC1. The molecule has 1 aromatic rings. The lowest BCUT2D eigenvalue weighted by atomic mass is 9.89. The van der Waals surface area contributed by atoms with Crippen LogP contribution in [0.15, 0.2) is 17.7 Å². The van der Waals surface area contributed by atoms with E-state index < -0.39 is 0 Å². The molecule has 0 atom stereocenters. The van der Waals surface area contributed by atoms with Crippen molar-refractivity contribution in [1.82, 2.24) is 0 Å². The van der Waals surface area contributed by atoms with Crippen LogP contribution in [0.1, 0.15) is 34.8 Å². The van der Waals surface area contributed by atoms with Crippen LogP contribution in [0.3, 0.4) is 0 Å². The molecule has 14 heavy (non-hydrogen) atoms. The van der Waals surface area contributed by atoms with Crippen molar-refractivity contribution in [1.29, 1.82) is 0 Å². The highest BCUT2D eigenvalue weighted by Crippen LogP contribution is 2.30. The minimum Gasteiger partial charge on any atom is -0.507 e. The van der Waals surface area contributed by atoms with Crippen LogP contribution in [0.25, 0.3) is 6.08 Å². The highest BCUT2D eigenvalue weighted by molar-refractivity contribution is 5.87. The van der Waals surface area contributed by atoms with Gasteiger partial charge in [0.2, 0.25) is 0 Å². The fourth-order valence-corrected chi connectivity index (χ4v) is 1.83. The van der Waals surface area contributed by atoms with E-state index in [0.717, 1.165) is 30.3 Å². The van der Waals surface area contributed by atoms with E-state index in [0.29, 0.717) is 5.56 Å². The molecular formula is C12H12O2. The Balaban J connectivity index is 2.67. The monoisotopic (exact) mass is 188 g/mol. The Hall–Kier alpha value is -1.57. The lowest BCUT2D eigenvalue weighted by molar-refractivity contribution is 0.112. The lowest BCUT2D eigenvalue weighted by Crippen LogP contribution is -2.01. The predicted molar refractivity (Wildman–Crippen MR) is 55.5 cm³/mol. The maximum atomic E-state index is 10.8. The molecule has 0 fully saturated rings. The maximum absolute atomic E-state index is 10.8. The van der Waals surface area contributed by atoms with E-state index in [2.05, 4.69) is 0 Å². The Bertz CT molecular complexity index is 417. The molecule has 1 N–H and O–H groups in total. The van der Waals surface area contributed by atoms with E-state index in [1.54, 1.807) is 6.07 Å². The number of allylic oxidation sites excluding steroid dienone is 1. The van der Waals surface area contributed by atoms with Crippen LogP contribution < -0.4 is 0 Å². The summed E-state index contributed by atoms with van der Waals surface area (Å²) in [5, 5.41) is 9.49. The van der Waals surface area contributed by atoms with Crippen LogP contribution in [-0.2, 0) is 6.42 Å². The summed E-state index contributed by atoms with van der Waals surface area (Å²) < 4.78 is 0. The quantitative estimate of drug-likeness (QED) is 0.688. The number of hydrogen-bond donors (Lipinski definition) is 1. The molecule has 1 aromatic carbocycles. The largest absolute Gasteiger partial charge is 0.507 e. The lowest BCUT2D eigenvalue weighted by Gasteiger charge is -2.16. The van der Waals surface area contributed by atoms with Gasteiger partial charge in [0.1, 0.15) is 5.75 Å². The topological polar surface area (TPSA) is 37.3 Å². The standard InChI is InChI=1S/C12H12O2/c1-8-2-3-9-4-5-12(14)11(7-13)10(9)6-8/h4-7,14H,2-3H2,1H3. The zero-order chi connectivity index (χ0) is 10.1. The normalized spacial score (nSPS) is 14.5. The van der Waals surface area contributed by atoms with E-state index in [-0.39, 0.29) is 5.75 Å². The van der Waals surface area contributed by atoms with Crippen molar-refractivity contribution in [3.05, 3.63) is 34.4 Å². The summed E-state index contributed by atoms with van der Waals surface area (Å²) in [6.45, 7) is 2.04. The van der Waals surface area contributed by atoms with E-state index in [4.69, 9.17) is 0 Å². The molecular weight excluding hydrogens is 176 g/mol. The van der Waals surface area contributed by atoms with Gasteiger partial charge in [-0.05, 0) is 37.0 Å². The van der Waals surface area contributed by atoms with Gasteiger partial charge >= 0.3 is 0 Å². The van der Waals surface area contributed by atoms with Crippen molar-refractivity contribution >= 4 is 12.4 Å². The third-order valence-corrected chi connectivity index (χ3v) is 2.65. The number of phenols is 1. The highest BCUT2D eigenvalue weighted by atomic mass is 16.3. The minimum absolute atomic E-state index is 0.0738. The third-order valence-electron chi connectivity index (χ3n) is 2.65. The van der Waals surface area contributed by atoms with Gasteiger partial charge in [-0.2, -0.15) is 0 Å². The number of fused-ring (bicyclic) bond motifs is 1. The van der Waals surface area contributed by atoms with Crippen LogP contribution in [0.2, 0.25) is 0 Å². The summed E-state index contributed by atoms with van der Waals surface area (Å²) >= 11 is 0. The van der Waals surface area contributed by atoms with Gasteiger partial charge in [-0.3, -0.25) is 4.79 Å². The number of aryl methyl sites for hydroxylation is 1. The van der Waals surface area contributed by atoms with Gasteiger partial charge in [-0.1, -0.05) is 17.7 Å². The Morgan fingerprint density at radius 3 is 2.86 bits per heavy atom. The molecule has 0 saturated heterocycles. The van der Waals surface area contributed by atoms with E-state index in [1.165, 1.54) is 5.57 Å². The number of phenolic OH excluding ortho intramolecular Hbond substituents is 1. The first-order chi connectivity index (χ1) is 6.72. The molecule has 72 valence electrons. The highest BCUT2D eigenvalue weighted by Gasteiger charge is 2.14. The van der Waals surface area contributed by atoms with Gasteiger partial charge in [0.15, 0.2) is 6.29 Å². The van der Waals surface area contributed by atoms with Crippen LogP contribution >= 0.6 is 0 Å². The van der Waals surface area contributed by atoms with Crippen LogP contribution in [-0.4, -0.2) is 11.4 Å². The van der Waals surface area contributed by atoms with Crippen LogP contribution in [0, 0.1) is 0 Å². The molecule has 0 aliphatic heterocycles. The zero-order valence-electron chi connectivity index (χ0n) is 8.08. The van der Waals surface area contributed by atoms with Crippen LogP contribution in [0.5, 0.6) is 5.75 Å². The average Bonchev–Trinajstić information content (AvgIpc) is 2.17. The second-order valence-corrected chi connectivity index (χ2v) is 3.68.